The largest absolute Gasteiger partial charge is 0.342 e. The van der Waals surface area contributed by atoms with Crippen LogP contribution < -0.4 is 5.73 Å². The molecule has 3 nitrogen and oxygen atoms in total. The zero-order valence-corrected chi connectivity index (χ0v) is 17.9. The second-order valence-corrected chi connectivity index (χ2v) is 9.36. The van der Waals surface area contributed by atoms with Crippen LogP contribution in [0, 0.1) is 17.8 Å². The van der Waals surface area contributed by atoms with Crippen molar-refractivity contribution < 1.29 is 4.79 Å². The molecule has 2 aromatic carbocycles. The molecule has 5 rings (SSSR count). The van der Waals surface area contributed by atoms with Crippen LogP contribution >= 0.6 is 12.4 Å². The molecule has 1 amide bonds. The summed E-state index contributed by atoms with van der Waals surface area (Å²) in [7, 11) is 0. The van der Waals surface area contributed by atoms with Crippen molar-refractivity contribution in [3.8, 4) is 0 Å². The molecule has 29 heavy (non-hydrogen) atoms. The Morgan fingerprint density at radius 2 is 1.55 bits per heavy atom. The molecular weight excluding hydrogens is 380 g/mol. The fourth-order valence-corrected chi connectivity index (χ4v) is 6.27. The molecule has 2 unspecified atom stereocenters. The minimum absolute atomic E-state index is 0. The number of benzene rings is 2. The Morgan fingerprint density at radius 3 is 2.28 bits per heavy atom. The number of likely N-dealkylation sites (tertiary alicyclic amines) is 1. The van der Waals surface area contributed by atoms with Crippen LogP contribution in [-0.2, 0) is 4.79 Å². The van der Waals surface area contributed by atoms with E-state index in [1.807, 2.05) is 0 Å². The lowest BCUT2D eigenvalue weighted by molar-refractivity contribution is -0.139. The van der Waals surface area contributed by atoms with Crippen molar-refractivity contribution in [3.63, 3.8) is 0 Å². The molecule has 1 aliphatic heterocycles. The molecule has 0 spiro atoms. The second kappa shape index (κ2) is 8.65. The van der Waals surface area contributed by atoms with E-state index in [0.717, 1.165) is 38.8 Å². The Labute approximate surface area is 180 Å². The van der Waals surface area contributed by atoms with Crippen LogP contribution in [0.25, 0.3) is 10.8 Å². The van der Waals surface area contributed by atoms with Crippen LogP contribution in [0.15, 0.2) is 42.5 Å². The van der Waals surface area contributed by atoms with Crippen molar-refractivity contribution in [2.24, 2.45) is 23.5 Å². The van der Waals surface area contributed by atoms with Gasteiger partial charge in [0.05, 0.1) is 0 Å². The monoisotopic (exact) mass is 412 g/mol. The maximum Gasteiger partial charge on any atom is 0.225 e. The molecule has 4 heteroatoms. The summed E-state index contributed by atoms with van der Waals surface area (Å²) in [4.78, 5) is 15.4. The van der Waals surface area contributed by atoms with Crippen molar-refractivity contribution in [2.75, 3.05) is 13.1 Å². The highest BCUT2D eigenvalue weighted by molar-refractivity contribution is 5.86. The predicted octanol–water partition coefficient (Wildman–Crippen LogP) is 5.12. The number of amides is 1. The first kappa shape index (κ1) is 20.7. The topological polar surface area (TPSA) is 46.3 Å². The summed E-state index contributed by atoms with van der Waals surface area (Å²) in [5.74, 6) is 2.36. The van der Waals surface area contributed by atoms with Crippen molar-refractivity contribution in [1.29, 1.82) is 0 Å². The lowest BCUT2D eigenvalue weighted by Gasteiger charge is -2.45. The lowest BCUT2D eigenvalue weighted by atomic mass is 9.65. The summed E-state index contributed by atoms with van der Waals surface area (Å²) in [5.41, 5.74) is 7.89. The third-order valence-electron chi connectivity index (χ3n) is 7.83. The Hall–Kier alpha value is -1.58. The number of carbonyl (C=O) groups excluding carboxylic acids is 1. The van der Waals surface area contributed by atoms with Crippen molar-refractivity contribution in [1.82, 2.24) is 4.90 Å². The number of hydrogen-bond donors (Lipinski definition) is 1. The van der Waals surface area contributed by atoms with Crippen LogP contribution in [0.2, 0.25) is 0 Å². The van der Waals surface area contributed by atoms with E-state index in [1.165, 1.54) is 35.6 Å². The van der Waals surface area contributed by atoms with E-state index in [1.54, 1.807) is 0 Å². The normalized spacial score (nSPS) is 30.0. The van der Waals surface area contributed by atoms with E-state index in [-0.39, 0.29) is 18.3 Å². The van der Waals surface area contributed by atoms with Gasteiger partial charge in [-0.2, -0.15) is 0 Å². The van der Waals surface area contributed by atoms with E-state index in [9.17, 15) is 4.79 Å². The number of piperidine rings is 1. The Bertz CT molecular complexity index is 842. The maximum absolute atomic E-state index is 13.2. The standard InChI is InChI=1S/C25H32N2O.ClH/c26-24-19-7-3-8-20(24)16-21(15-19)25(28)27-13-11-18(12-14-27)23-10-4-6-17-5-1-2-9-22(17)23;/h1-2,4-6,9-10,18-21,24H,3,7-8,11-16,26H2;1H. The van der Waals surface area contributed by atoms with Gasteiger partial charge in [-0.1, -0.05) is 48.9 Å². The Kier molecular flexibility index (Phi) is 6.17. The fraction of sp³-hybridized carbons (Fsp3) is 0.560. The van der Waals surface area contributed by atoms with Gasteiger partial charge in [-0.05, 0) is 72.6 Å². The van der Waals surface area contributed by atoms with Crippen LogP contribution in [0.3, 0.4) is 0 Å². The van der Waals surface area contributed by atoms with Gasteiger partial charge < -0.3 is 10.6 Å². The molecule has 2 bridgehead atoms. The zero-order valence-electron chi connectivity index (χ0n) is 17.1. The Morgan fingerprint density at radius 1 is 0.897 bits per heavy atom. The van der Waals surface area contributed by atoms with Gasteiger partial charge in [-0.3, -0.25) is 4.79 Å². The number of carbonyl (C=O) groups is 1. The van der Waals surface area contributed by atoms with E-state index >= 15 is 0 Å². The molecule has 2 saturated carbocycles. The van der Waals surface area contributed by atoms with Crippen LogP contribution in [-0.4, -0.2) is 29.9 Å². The van der Waals surface area contributed by atoms with E-state index in [4.69, 9.17) is 5.73 Å². The molecule has 0 radical (unpaired) electrons. The predicted molar refractivity (Wildman–Crippen MR) is 121 cm³/mol. The van der Waals surface area contributed by atoms with E-state index in [2.05, 4.69) is 47.4 Å². The molecule has 1 saturated heterocycles. The first-order valence-electron chi connectivity index (χ1n) is 11.2. The number of hydrogen-bond acceptors (Lipinski definition) is 2. The lowest BCUT2D eigenvalue weighted by Crippen LogP contribution is -2.50. The van der Waals surface area contributed by atoms with Gasteiger partial charge in [0, 0.05) is 25.0 Å². The zero-order chi connectivity index (χ0) is 19.1. The molecule has 2 aliphatic carbocycles. The highest BCUT2D eigenvalue weighted by atomic mass is 35.5. The minimum Gasteiger partial charge on any atom is -0.342 e. The summed E-state index contributed by atoms with van der Waals surface area (Å²) in [5, 5.41) is 2.70. The average Bonchev–Trinajstić information content (AvgIpc) is 2.73. The molecule has 2 aromatic rings. The first-order chi connectivity index (χ1) is 13.7. The molecule has 3 aliphatic rings. The quantitative estimate of drug-likeness (QED) is 0.743. The van der Waals surface area contributed by atoms with Crippen LogP contribution in [0.4, 0.5) is 0 Å². The molecule has 0 aromatic heterocycles. The van der Waals surface area contributed by atoms with Gasteiger partial charge in [0.2, 0.25) is 5.91 Å². The molecule has 156 valence electrons. The second-order valence-electron chi connectivity index (χ2n) is 9.36. The smallest absolute Gasteiger partial charge is 0.225 e. The van der Waals surface area contributed by atoms with Crippen molar-refractivity contribution >= 4 is 29.1 Å². The van der Waals surface area contributed by atoms with Crippen LogP contribution in [0.5, 0.6) is 0 Å². The molecule has 1 heterocycles. The summed E-state index contributed by atoms with van der Waals surface area (Å²) in [6.45, 7) is 1.81. The fourth-order valence-electron chi connectivity index (χ4n) is 6.27. The van der Waals surface area contributed by atoms with Crippen molar-refractivity contribution in [3.05, 3.63) is 48.0 Å². The molecular formula is C25H33ClN2O. The molecule has 2 N–H and O–H groups in total. The highest BCUT2D eigenvalue weighted by Crippen LogP contribution is 2.43. The van der Waals surface area contributed by atoms with Gasteiger partial charge in [0.15, 0.2) is 0 Å². The number of nitrogens with two attached hydrogens (primary N) is 1. The van der Waals surface area contributed by atoms with E-state index in [0.29, 0.717) is 29.7 Å². The highest BCUT2D eigenvalue weighted by Gasteiger charge is 2.42. The summed E-state index contributed by atoms with van der Waals surface area (Å²) < 4.78 is 0. The van der Waals surface area contributed by atoms with E-state index < -0.39 is 0 Å². The third kappa shape index (κ3) is 3.92. The van der Waals surface area contributed by atoms with Gasteiger partial charge in [-0.15, -0.1) is 12.4 Å². The third-order valence-corrected chi connectivity index (χ3v) is 7.83. The number of halogens is 1. The van der Waals surface area contributed by atoms with Gasteiger partial charge >= 0.3 is 0 Å². The average molecular weight is 413 g/mol. The summed E-state index contributed by atoms with van der Waals surface area (Å²) in [6.07, 6.45) is 7.98. The van der Waals surface area contributed by atoms with Gasteiger partial charge in [0.1, 0.15) is 0 Å². The SMILES string of the molecule is Cl.NC1C2CCCC1CC(C(=O)N1CCC(c3cccc4ccccc34)CC1)C2. The van der Waals surface area contributed by atoms with Crippen molar-refractivity contribution in [2.45, 2.75) is 56.9 Å². The summed E-state index contributed by atoms with van der Waals surface area (Å²) >= 11 is 0. The number of fused-ring (bicyclic) bond motifs is 3. The minimum atomic E-state index is 0. The summed E-state index contributed by atoms with van der Waals surface area (Å²) in [6, 6.07) is 15.7. The molecule has 2 atom stereocenters. The number of rotatable bonds is 2. The molecule has 3 fully saturated rings. The number of nitrogens with zero attached hydrogens (tertiary/aromatic N) is 1. The van der Waals surface area contributed by atoms with Gasteiger partial charge in [0.25, 0.3) is 0 Å². The van der Waals surface area contributed by atoms with Gasteiger partial charge in [-0.25, -0.2) is 0 Å². The Balaban J connectivity index is 0.00000205. The van der Waals surface area contributed by atoms with Crippen LogP contribution in [0.1, 0.15) is 56.4 Å². The maximum atomic E-state index is 13.2. The first-order valence-corrected chi connectivity index (χ1v) is 11.2.